The second-order valence-corrected chi connectivity index (χ2v) is 7.31. The van der Waals surface area contributed by atoms with Gasteiger partial charge in [-0.25, -0.2) is 0 Å². The molecule has 4 rings (SSSR count). The van der Waals surface area contributed by atoms with Gasteiger partial charge in [0.2, 0.25) is 5.43 Å². The Bertz CT molecular complexity index is 1170. The third-order valence-electron chi connectivity index (χ3n) is 5.40. The summed E-state index contributed by atoms with van der Waals surface area (Å²) >= 11 is 0. The molecule has 0 aliphatic carbocycles. The molecule has 10 nitrogen and oxygen atoms in total. The van der Waals surface area contributed by atoms with E-state index in [4.69, 9.17) is 9.15 Å². The van der Waals surface area contributed by atoms with Gasteiger partial charge in [-0.05, 0) is 17.7 Å². The van der Waals surface area contributed by atoms with E-state index in [1.807, 2.05) is 0 Å². The minimum Gasteiger partial charge on any atom is -0.508 e. The number of hydrogen-bond acceptors (Lipinski definition) is 10. The summed E-state index contributed by atoms with van der Waals surface area (Å²) in [5.41, 5.74) is -0.729. The molecule has 0 saturated carbocycles. The molecular formula is C21H20O10. The first-order valence-electron chi connectivity index (χ1n) is 9.34. The Kier molecular flexibility index (Phi) is 5.33. The highest BCUT2D eigenvalue weighted by Gasteiger charge is 2.46. The van der Waals surface area contributed by atoms with Crippen LogP contribution in [0.5, 0.6) is 17.2 Å². The Balaban J connectivity index is 1.92. The fourth-order valence-electron chi connectivity index (χ4n) is 3.75. The van der Waals surface area contributed by atoms with Gasteiger partial charge in [-0.1, -0.05) is 12.1 Å². The van der Waals surface area contributed by atoms with Crippen LogP contribution in [-0.4, -0.2) is 66.8 Å². The molecule has 0 spiro atoms. The molecule has 1 aliphatic rings. The van der Waals surface area contributed by atoms with E-state index in [0.717, 1.165) is 12.3 Å². The van der Waals surface area contributed by atoms with Crippen LogP contribution in [0.2, 0.25) is 0 Å². The zero-order valence-corrected chi connectivity index (χ0v) is 15.9. The van der Waals surface area contributed by atoms with Gasteiger partial charge in [0.15, 0.2) is 5.58 Å². The van der Waals surface area contributed by atoms with E-state index in [0.29, 0.717) is 5.56 Å². The second-order valence-electron chi connectivity index (χ2n) is 7.31. The Labute approximate surface area is 174 Å². The fraction of sp³-hybridized carbons (Fsp3) is 0.286. The molecule has 0 bridgehead atoms. The maximum absolute atomic E-state index is 13.1. The molecule has 0 radical (unpaired) electrons. The van der Waals surface area contributed by atoms with Crippen LogP contribution in [0.25, 0.3) is 22.1 Å². The first-order chi connectivity index (χ1) is 14.7. The smallest absolute Gasteiger partial charge is 0.204 e. The van der Waals surface area contributed by atoms with Crippen molar-refractivity contribution < 1.29 is 44.9 Å². The van der Waals surface area contributed by atoms with E-state index in [-0.39, 0.29) is 27.8 Å². The molecular weight excluding hydrogens is 412 g/mol. The molecule has 1 aliphatic heterocycles. The highest BCUT2D eigenvalue weighted by molar-refractivity contribution is 5.91. The van der Waals surface area contributed by atoms with Crippen LogP contribution in [0.4, 0.5) is 0 Å². The summed E-state index contributed by atoms with van der Waals surface area (Å²) in [7, 11) is 0. The third-order valence-corrected chi connectivity index (χ3v) is 5.40. The molecule has 3 aromatic rings. The SMILES string of the molecule is O=c1c(-c2ccc(O)cc2)coc2c(C3O[C@H](CO)[C@@H](O)[C@H](O)[C@H]3O)c(O)cc(O)c12. The fourth-order valence-corrected chi connectivity index (χ4v) is 3.75. The number of phenols is 3. The maximum Gasteiger partial charge on any atom is 0.204 e. The molecule has 1 fully saturated rings. The van der Waals surface area contributed by atoms with Gasteiger partial charge in [-0.3, -0.25) is 4.79 Å². The van der Waals surface area contributed by atoms with Crippen LogP contribution < -0.4 is 5.43 Å². The number of ether oxygens (including phenoxy) is 1. The minimum atomic E-state index is -1.74. The lowest BCUT2D eigenvalue weighted by Gasteiger charge is -2.40. The number of benzene rings is 2. The molecule has 5 atom stereocenters. The van der Waals surface area contributed by atoms with E-state index < -0.39 is 54.1 Å². The van der Waals surface area contributed by atoms with E-state index in [2.05, 4.69) is 0 Å². The summed E-state index contributed by atoms with van der Waals surface area (Å²) in [4.78, 5) is 13.1. The summed E-state index contributed by atoms with van der Waals surface area (Å²) in [5, 5.41) is 69.8. The van der Waals surface area contributed by atoms with Crippen LogP contribution in [0, 0.1) is 0 Å². The number of aliphatic hydroxyl groups excluding tert-OH is 4. The van der Waals surface area contributed by atoms with Gasteiger partial charge >= 0.3 is 0 Å². The Morgan fingerprint density at radius 2 is 1.58 bits per heavy atom. The standard InChI is InChI=1S/C21H20O10/c22-6-13-17(27)18(28)19(29)21(31-13)15-12(25)5-11(24)14-16(26)10(7-30-20(14)15)8-1-3-9(23)4-2-8/h1-5,7,13,17-19,21-25,27-29H,6H2/t13-,17-,18+,19-,21?/m1/s1. The zero-order chi connectivity index (χ0) is 22.4. The molecule has 1 saturated heterocycles. The Morgan fingerprint density at radius 3 is 2.23 bits per heavy atom. The second kappa shape index (κ2) is 7.84. The van der Waals surface area contributed by atoms with Crippen LogP contribution in [0.3, 0.4) is 0 Å². The number of hydrogen-bond donors (Lipinski definition) is 7. The zero-order valence-electron chi connectivity index (χ0n) is 15.9. The minimum absolute atomic E-state index is 0.00778. The number of phenolic OH excluding ortho intramolecular Hbond substituents is 3. The van der Waals surface area contributed by atoms with Crippen molar-refractivity contribution in [2.75, 3.05) is 6.61 Å². The van der Waals surface area contributed by atoms with Crippen molar-refractivity contribution in [2.24, 2.45) is 0 Å². The Hall–Kier alpha value is -3.15. The molecule has 0 amide bonds. The average Bonchev–Trinajstić information content (AvgIpc) is 2.74. The molecule has 7 N–H and O–H groups in total. The number of fused-ring (bicyclic) bond motifs is 1. The highest BCUT2D eigenvalue weighted by Crippen LogP contribution is 2.43. The lowest BCUT2D eigenvalue weighted by molar-refractivity contribution is -0.231. The highest BCUT2D eigenvalue weighted by atomic mass is 16.5. The van der Waals surface area contributed by atoms with Crippen molar-refractivity contribution >= 4 is 11.0 Å². The molecule has 1 unspecified atom stereocenters. The summed E-state index contributed by atoms with van der Waals surface area (Å²) < 4.78 is 11.0. The van der Waals surface area contributed by atoms with Gasteiger partial charge in [0.05, 0.1) is 17.7 Å². The van der Waals surface area contributed by atoms with E-state index in [9.17, 15) is 40.5 Å². The van der Waals surface area contributed by atoms with Crippen molar-refractivity contribution in [3.8, 4) is 28.4 Å². The summed E-state index contributed by atoms with van der Waals surface area (Å²) in [6.07, 6.45) is -6.73. The van der Waals surface area contributed by atoms with Gasteiger partial charge in [0.25, 0.3) is 0 Å². The lowest BCUT2D eigenvalue weighted by atomic mass is 9.89. The number of aliphatic hydroxyl groups is 4. The van der Waals surface area contributed by atoms with Gasteiger partial charge in [-0.2, -0.15) is 0 Å². The maximum atomic E-state index is 13.1. The van der Waals surface area contributed by atoms with Gasteiger partial charge in [-0.15, -0.1) is 0 Å². The molecule has 2 heterocycles. The van der Waals surface area contributed by atoms with Crippen molar-refractivity contribution in [1.29, 1.82) is 0 Å². The molecule has 1 aromatic heterocycles. The topological polar surface area (TPSA) is 181 Å². The van der Waals surface area contributed by atoms with Crippen molar-refractivity contribution in [2.45, 2.75) is 30.5 Å². The van der Waals surface area contributed by atoms with Crippen LogP contribution >= 0.6 is 0 Å². The quantitative estimate of drug-likeness (QED) is 0.300. The average molecular weight is 432 g/mol. The van der Waals surface area contributed by atoms with E-state index >= 15 is 0 Å². The number of aromatic hydroxyl groups is 3. The van der Waals surface area contributed by atoms with Crippen molar-refractivity contribution in [3.63, 3.8) is 0 Å². The normalized spacial score (nSPS) is 26.3. The lowest BCUT2D eigenvalue weighted by Crippen LogP contribution is -2.55. The summed E-state index contributed by atoms with van der Waals surface area (Å²) in [6.45, 7) is -0.687. The van der Waals surface area contributed by atoms with Crippen LogP contribution in [0.1, 0.15) is 11.7 Å². The summed E-state index contributed by atoms with van der Waals surface area (Å²) in [6, 6.07) is 6.56. The number of rotatable bonds is 3. The molecule has 10 heteroatoms. The van der Waals surface area contributed by atoms with Crippen molar-refractivity contribution in [1.82, 2.24) is 0 Å². The van der Waals surface area contributed by atoms with E-state index in [1.165, 1.54) is 24.3 Å². The predicted molar refractivity (Wildman–Crippen MR) is 106 cm³/mol. The summed E-state index contributed by atoms with van der Waals surface area (Å²) in [5.74, 6) is -1.18. The molecule has 2 aromatic carbocycles. The first-order valence-corrected chi connectivity index (χ1v) is 9.34. The first kappa shape index (κ1) is 21.1. The third kappa shape index (κ3) is 3.40. The van der Waals surface area contributed by atoms with Crippen LogP contribution in [0.15, 0.2) is 45.8 Å². The van der Waals surface area contributed by atoms with E-state index in [1.54, 1.807) is 0 Å². The predicted octanol–water partition coefficient (Wildman–Crippen LogP) is 0.0917. The largest absolute Gasteiger partial charge is 0.508 e. The van der Waals surface area contributed by atoms with Gasteiger partial charge < -0.3 is 44.9 Å². The Morgan fingerprint density at radius 1 is 0.903 bits per heavy atom. The van der Waals surface area contributed by atoms with Crippen molar-refractivity contribution in [3.05, 3.63) is 52.4 Å². The van der Waals surface area contributed by atoms with Crippen LogP contribution in [-0.2, 0) is 4.74 Å². The molecule has 31 heavy (non-hydrogen) atoms. The van der Waals surface area contributed by atoms with Gasteiger partial charge in [0, 0.05) is 6.07 Å². The molecule has 164 valence electrons. The monoisotopic (exact) mass is 432 g/mol. The van der Waals surface area contributed by atoms with Gasteiger partial charge in [0.1, 0.15) is 59.4 Å².